The number of benzene rings is 1. The Morgan fingerprint density at radius 1 is 1.17 bits per heavy atom. The quantitative estimate of drug-likeness (QED) is 0.637. The summed E-state index contributed by atoms with van der Waals surface area (Å²) in [5.74, 6) is -0.906. The summed E-state index contributed by atoms with van der Waals surface area (Å²) in [6, 6.07) is 9.25. The highest BCUT2D eigenvalue weighted by molar-refractivity contribution is 7.92. The smallest absolute Gasteiger partial charge is 0.349 e. The molecule has 0 fully saturated rings. The summed E-state index contributed by atoms with van der Waals surface area (Å²) in [5.41, 5.74) is 0.683. The summed E-state index contributed by atoms with van der Waals surface area (Å²) in [5, 5.41) is 1.75. The second kappa shape index (κ2) is 6.93. The standard InChI is InChI=1S/C15H15NO5S2/c1-10(21-15(18)13-4-3-9-22-13)14(17)11-5-7-12(8-6-11)16-23(2,19)20/h3-10,16H,1-2H3. The molecule has 0 bridgehead atoms. The van der Waals surface area contributed by atoms with Crippen LogP contribution in [0, 0.1) is 0 Å². The maximum atomic E-state index is 12.2. The van der Waals surface area contributed by atoms with E-state index in [1.807, 2.05) is 0 Å². The minimum absolute atomic E-state index is 0.329. The van der Waals surface area contributed by atoms with E-state index < -0.39 is 22.1 Å². The van der Waals surface area contributed by atoms with Crippen LogP contribution in [0.3, 0.4) is 0 Å². The molecule has 0 saturated heterocycles. The number of esters is 1. The molecule has 8 heteroatoms. The SMILES string of the molecule is CC(OC(=O)c1cccs1)C(=O)c1ccc(NS(C)(=O)=O)cc1. The summed E-state index contributed by atoms with van der Waals surface area (Å²) in [6.07, 6.45) is 0.108. The van der Waals surface area contributed by atoms with E-state index in [1.165, 1.54) is 42.5 Å². The van der Waals surface area contributed by atoms with Crippen molar-refractivity contribution in [2.45, 2.75) is 13.0 Å². The van der Waals surface area contributed by atoms with Crippen molar-refractivity contribution < 1.29 is 22.7 Å². The Bertz CT molecular complexity index is 795. The second-order valence-electron chi connectivity index (χ2n) is 4.84. The lowest BCUT2D eigenvalue weighted by atomic mass is 10.1. The number of carbonyl (C=O) groups is 2. The van der Waals surface area contributed by atoms with E-state index in [4.69, 9.17) is 4.74 Å². The molecule has 0 aliphatic rings. The van der Waals surface area contributed by atoms with E-state index in [0.717, 1.165) is 6.26 Å². The van der Waals surface area contributed by atoms with Gasteiger partial charge in [-0.05, 0) is 42.6 Å². The Morgan fingerprint density at radius 2 is 1.83 bits per heavy atom. The molecule has 0 spiro atoms. The molecule has 2 rings (SSSR count). The van der Waals surface area contributed by atoms with Gasteiger partial charge in [0.1, 0.15) is 4.88 Å². The number of ketones is 1. The van der Waals surface area contributed by atoms with Crippen molar-refractivity contribution in [2.24, 2.45) is 0 Å². The molecule has 2 aromatic rings. The van der Waals surface area contributed by atoms with Gasteiger partial charge in [0.2, 0.25) is 15.8 Å². The zero-order valence-corrected chi connectivity index (χ0v) is 14.1. The lowest BCUT2D eigenvalue weighted by Crippen LogP contribution is -2.24. The van der Waals surface area contributed by atoms with E-state index >= 15 is 0 Å². The van der Waals surface area contributed by atoms with E-state index in [9.17, 15) is 18.0 Å². The highest BCUT2D eigenvalue weighted by Gasteiger charge is 2.20. The fraction of sp³-hybridized carbons (Fsp3) is 0.200. The number of hydrogen-bond donors (Lipinski definition) is 1. The molecular weight excluding hydrogens is 338 g/mol. The van der Waals surface area contributed by atoms with Crippen molar-refractivity contribution in [3.05, 3.63) is 52.2 Å². The van der Waals surface area contributed by atoms with Crippen LogP contribution in [0.4, 0.5) is 5.69 Å². The van der Waals surface area contributed by atoms with Crippen LogP contribution in [-0.4, -0.2) is 32.5 Å². The molecule has 0 aliphatic heterocycles. The number of rotatable bonds is 6. The molecule has 1 aromatic carbocycles. The summed E-state index contributed by atoms with van der Waals surface area (Å²) in [4.78, 5) is 24.5. The summed E-state index contributed by atoms with van der Waals surface area (Å²) in [6.45, 7) is 1.50. The van der Waals surface area contributed by atoms with Gasteiger partial charge in [-0.3, -0.25) is 9.52 Å². The topological polar surface area (TPSA) is 89.5 Å². The van der Waals surface area contributed by atoms with Gasteiger partial charge in [0.05, 0.1) is 6.26 Å². The Labute approximate surface area is 138 Å². The molecule has 1 atom stereocenters. The molecular formula is C15H15NO5S2. The predicted octanol–water partition coefficient (Wildman–Crippen LogP) is 2.55. The first-order valence-electron chi connectivity index (χ1n) is 6.63. The molecule has 1 heterocycles. The van der Waals surface area contributed by atoms with Gasteiger partial charge in [-0.25, -0.2) is 13.2 Å². The Hall–Kier alpha value is -2.19. The van der Waals surface area contributed by atoms with Crippen LogP contribution in [-0.2, 0) is 14.8 Å². The number of ether oxygens (including phenoxy) is 1. The minimum Gasteiger partial charge on any atom is -0.450 e. The van der Waals surface area contributed by atoms with E-state index in [2.05, 4.69) is 4.72 Å². The first-order chi connectivity index (χ1) is 10.8. The third-order valence-electron chi connectivity index (χ3n) is 2.85. The second-order valence-corrected chi connectivity index (χ2v) is 7.54. The molecule has 23 heavy (non-hydrogen) atoms. The van der Waals surface area contributed by atoms with Gasteiger partial charge in [-0.2, -0.15) is 0 Å². The van der Waals surface area contributed by atoms with Gasteiger partial charge in [0, 0.05) is 11.3 Å². The maximum Gasteiger partial charge on any atom is 0.349 e. The van der Waals surface area contributed by atoms with Crippen LogP contribution >= 0.6 is 11.3 Å². The van der Waals surface area contributed by atoms with Gasteiger partial charge in [-0.1, -0.05) is 6.07 Å². The number of sulfonamides is 1. The normalized spacial score (nSPS) is 12.4. The highest BCUT2D eigenvalue weighted by Crippen LogP contribution is 2.15. The minimum atomic E-state index is -3.37. The van der Waals surface area contributed by atoms with E-state index in [-0.39, 0.29) is 5.78 Å². The first kappa shape index (κ1) is 17.2. The average molecular weight is 353 g/mol. The molecule has 1 unspecified atom stereocenters. The Balaban J connectivity index is 2.03. The fourth-order valence-corrected chi connectivity index (χ4v) is 2.99. The zero-order chi connectivity index (χ0) is 17.0. The molecule has 0 aliphatic carbocycles. The van der Waals surface area contributed by atoms with Crippen molar-refractivity contribution >= 4 is 38.8 Å². The Kier molecular flexibility index (Phi) is 5.17. The van der Waals surface area contributed by atoms with Gasteiger partial charge in [0.25, 0.3) is 0 Å². The van der Waals surface area contributed by atoms with Crippen LogP contribution in [0.5, 0.6) is 0 Å². The molecule has 0 amide bonds. The molecule has 0 saturated carbocycles. The molecule has 1 N–H and O–H groups in total. The first-order valence-corrected chi connectivity index (χ1v) is 9.40. The third kappa shape index (κ3) is 4.90. The van der Waals surface area contributed by atoms with Crippen LogP contribution in [0.1, 0.15) is 27.0 Å². The van der Waals surface area contributed by atoms with Crippen molar-refractivity contribution in [2.75, 3.05) is 11.0 Å². The van der Waals surface area contributed by atoms with Crippen LogP contribution < -0.4 is 4.72 Å². The zero-order valence-electron chi connectivity index (χ0n) is 12.5. The van der Waals surface area contributed by atoms with E-state index in [0.29, 0.717) is 16.1 Å². The maximum absolute atomic E-state index is 12.2. The fourth-order valence-electron chi connectivity index (χ4n) is 1.82. The number of carbonyl (C=O) groups excluding carboxylic acids is 2. The van der Waals surface area contributed by atoms with Gasteiger partial charge in [-0.15, -0.1) is 11.3 Å². The molecule has 122 valence electrons. The predicted molar refractivity (Wildman–Crippen MR) is 88.4 cm³/mol. The lowest BCUT2D eigenvalue weighted by molar-refractivity contribution is 0.0323. The van der Waals surface area contributed by atoms with Crippen LogP contribution in [0.25, 0.3) is 0 Å². The van der Waals surface area contributed by atoms with Gasteiger partial charge < -0.3 is 4.74 Å². The van der Waals surface area contributed by atoms with E-state index in [1.54, 1.807) is 17.5 Å². The van der Waals surface area contributed by atoms with Crippen LogP contribution in [0.2, 0.25) is 0 Å². The van der Waals surface area contributed by atoms with Crippen molar-refractivity contribution in [1.82, 2.24) is 0 Å². The van der Waals surface area contributed by atoms with Crippen molar-refractivity contribution in [3.8, 4) is 0 Å². The summed E-state index contributed by atoms with van der Waals surface area (Å²) < 4.78 is 29.7. The monoisotopic (exact) mass is 353 g/mol. The summed E-state index contributed by atoms with van der Waals surface area (Å²) in [7, 11) is -3.37. The average Bonchev–Trinajstić information content (AvgIpc) is 3.00. The third-order valence-corrected chi connectivity index (χ3v) is 4.30. The van der Waals surface area contributed by atoms with Gasteiger partial charge in [0.15, 0.2) is 6.10 Å². The number of nitrogens with one attached hydrogen (secondary N) is 1. The highest BCUT2D eigenvalue weighted by atomic mass is 32.2. The molecule has 1 aromatic heterocycles. The van der Waals surface area contributed by atoms with Crippen molar-refractivity contribution in [1.29, 1.82) is 0 Å². The number of thiophene rings is 1. The lowest BCUT2D eigenvalue weighted by Gasteiger charge is -2.12. The van der Waals surface area contributed by atoms with Crippen LogP contribution in [0.15, 0.2) is 41.8 Å². The molecule has 6 nitrogen and oxygen atoms in total. The Morgan fingerprint density at radius 3 is 2.35 bits per heavy atom. The van der Waals surface area contributed by atoms with Crippen molar-refractivity contribution in [3.63, 3.8) is 0 Å². The number of anilines is 1. The molecule has 0 radical (unpaired) electrons. The summed E-state index contributed by atoms with van der Waals surface area (Å²) >= 11 is 1.24. The largest absolute Gasteiger partial charge is 0.450 e. The van der Waals surface area contributed by atoms with Gasteiger partial charge >= 0.3 is 5.97 Å². The number of Topliss-reactive ketones (excluding diaryl/α,β-unsaturated/α-hetero) is 1. The number of hydrogen-bond acceptors (Lipinski definition) is 6.